The Hall–Kier alpha value is -1.06. The lowest BCUT2D eigenvalue weighted by Gasteiger charge is -2.09. The predicted octanol–water partition coefficient (Wildman–Crippen LogP) is 3.00. The summed E-state index contributed by atoms with van der Waals surface area (Å²) in [5.41, 5.74) is 0.812. The quantitative estimate of drug-likeness (QED) is 0.620. The summed E-state index contributed by atoms with van der Waals surface area (Å²) in [5, 5.41) is -0.516. The number of esters is 1. The molecular weight excluding hydrogens is 251 g/mol. The molecule has 0 fully saturated rings. The van der Waals surface area contributed by atoms with Gasteiger partial charge in [-0.3, -0.25) is 4.79 Å². The van der Waals surface area contributed by atoms with E-state index >= 15 is 0 Å². The first-order valence-corrected chi connectivity index (χ1v) is 5.31. The molecule has 1 aromatic rings. The van der Waals surface area contributed by atoms with Crippen LogP contribution < -0.4 is 0 Å². The van der Waals surface area contributed by atoms with Crippen LogP contribution >= 0.6 is 23.2 Å². The van der Waals surface area contributed by atoms with Gasteiger partial charge >= 0.3 is 5.97 Å². The third kappa shape index (κ3) is 2.74. The first-order valence-electron chi connectivity index (χ1n) is 4.49. The van der Waals surface area contributed by atoms with Crippen LogP contribution in [0.25, 0.3) is 0 Å². The monoisotopic (exact) mass is 260 g/mol. The molecular formula is C11H10Cl2O3. The van der Waals surface area contributed by atoms with Crippen LogP contribution in [0, 0.1) is 0 Å². The largest absolute Gasteiger partial charge is 0.465 e. The van der Waals surface area contributed by atoms with Gasteiger partial charge in [-0.2, -0.15) is 0 Å². The number of rotatable bonds is 3. The topological polar surface area (TPSA) is 43.4 Å². The molecule has 5 heteroatoms. The Balaban J connectivity index is 3.09. The van der Waals surface area contributed by atoms with Crippen LogP contribution in [0.5, 0.6) is 0 Å². The second kappa shape index (κ2) is 5.32. The van der Waals surface area contributed by atoms with Crippen molar-refractivity contribution in [1.29, 1.82) is 0 Å². The molecule has 1 rings (SSSR count). The van der Waals surface area contributed by atoms with E-state index < -0.39 is 11.3 Å². The molecule has 0 saturated heterocycles. The molecule has 0 bridgehead atoms. The SMILES string of the molecule is COC(=O)c1ccc(C(Cl)C(C)=O)c(Cl)c1. The maximum atomic E-state index is 11.2. The number of benzene rings is 1. The molecule has 0 heterocycles. The first kappa shape index (κ1) is 13.0. The van der Waals surface area contributed by atoms with Gasteiger partial charge in [0, 0.05) is 5.02 Å². The van der Waals surface area contributed by atoms with E-state index in [4.69, 9.17) is 23.2 Å². The van der Waals surface area contributed by atoms with Crippen molar-refractivity contribution >= 4 is 35.0 Å². The molecule has 0 aliphatic carbocycles. The van der Waals surface area contributed by atoms with Crippen LogP contribution in [-0.2, 0) is 9.53 Å². The van der Waals surface area contributed by atoms with Gasteiger partial charge in [-0.25, -0.2) is 4.79 Å². The summed E-state index contributed by atoms with van der Waals surface area (Å²) in [4.78, 5) is 22.3. The Bertz CT molecular complexity index is 429. The van der Waals surface area contributed by atoms with Gasteiger partial charge in [0.15, 0.2) is 5.78 Å². The zero-order chi connectivity index (χ0) is 12.3. The number of Topliss-reactive ketones (excluding diaryl/α,β-unsaturated/α-hetero) is 1. The molecule has 86 valence electrons. The molecule has 3 nitrogen and oxygen atoms in total. The van der Waals surface area contributed by atoms with Crippen LogP contribution in [0.1, 0.15) is 28.2 Å². The minimum absolute atomic E-state index is 0.200. The summed E-state index contributed by atoms with van der Waals surface area (Å²) in [7, 11) is 1.28. The number of hydrogen-bond donors (Lipinski definition) is 0. The number of carbonyl (C=O) groups excluding carboxylic acids is 2. The molecule has 0 saturated carbocycles. The van der Waals surface area contributed by atoms with Crippen LogP contribution in [0.2, 0.25) is 5.02 Å². The van der Waals surface area contributed by atoms with E-state index in [0.29, 0.717) is 11.1 Å². The van der Waals surface area contributed by atoms with Crippen molar-refractivity contribution in [3.8, 4) is 0 Å². The standard InChI is InChI=1S/C11H10Cl2O3/c1-6(14)10(13)8-4-3-7(5-9(8)12)11(15)16-2/h3-5,10H,1-2H3. The predicted molar refractivity (Wildman–Crippen MR) is 62.1 cm³/mol. The molecule has 16 heavy (non-hydrogen) atoms. The van der Waals surface area contributed by atoms with Crippen LogP contribution in [0.15, 0.2) is 18.2 Å². The second-order valence-electron chi connectivity index (χ2n) is 3.20. The van der Waals surface area contributed by atoms with Crippen molar-refractivity contribution in [2.45, 2.75) is 12.3 Å². The van der Waals surface area contributed by atoms with Gasteiger partial charge in [0.1, 0.15) is 5.38 Å². The summed E-state index contributed by atoms with van der Waals surface area (Å²) in [5.74, 6) is -0.684. The zero-order valence-electron chi connectivity index (χ0n) is 8.79. The van der Waals surface area contributed by atoms with Crippen molar-refractivity contribution in [2.75, 3.05) is 7.11 Å². The number of methoxy groups -OCH3 is 1. The highest BCUT2D eigenvalue weighted by Crippen LogP contribution is 2.29. The van der Waals surface area contributed by atoms with Gasteiger partial charge in [-0.1, -0.05) is 17.7 Å². The Morgan fingerprint density at radius 3 is 2.44 bits per heavy atom. The summed E-state index contributed by atoms with van der Waals surface area (Å²) < 4.78 is 4.54. The smallest absolute Gasteiger partial charge is 0.337 e. The molecule has 1 aromatic carbocycles. The van der Waals surface area contributed by atoms with E-state index in [1.54, 1.807) is 6.07 Å². The molecule has 0 aliphatic heterocycles. The van der Waals surface area contributed by atoms with E-state index in [0.717, 1.165) is 0 Å². The van der Waals surface area contributed by atoms with Gasteiger partial charge in [0.2, 0.25) is 0 Å². The summed E-state index contributed by atoms with van der Waals surface area (Å²) in [6.07, 6.45) is 0. The summed E-state index contributed by atoms with van der Waals surface area (Å²) >= 11 is 11.8. The van der Waals surface area contributed by atoms with E-state index in [2.05, 4.69) is 4.74 Å². The average molecular weight is 261 g/mol. The first-order chi connectivity index (χ1) is 7.47. The maximum absolute atomic E-state index is 11.2. The van der Waals surface area contributed by atoms with Gasteiger partial charge in [0.05, 0.1) is 12.7 Å². The van der Waals surface area contributed by atoms with Crippen molar-refractivity contribution in [3.05, 3.63) is 34.3 Å². The lowest BCUT2D eigenvalue weighted by Crippen LogP contribution is -2.05. The second-order valence-corrected chi connectivity index (χ2v) is 4.04. The Morgan fingerprint density at radius 1 is 1.38 bits per heavy atom. The van der Waals surface area contributed by atoms with E-state index in [1.165, 1.54) is 26.2 Å². The third-order valence-electron chi connectivity index (χ3n) is 2.05. The highest BCUT2D eigenvalue weighted by atomic mass is 35.5. The van der Waals surface area contributed by atoms with Crippen molar-refractivity contribution in [3.63, 3.8) is 0 Å². The fourth-order valence-corrected chi connectivity index (χ4v) is 1.73. The normalized spacial score (nSPS) is 12.0. The minimum Gasteiger partial charge on any atom is -0.465 e. The number of ketones is 1. The molecule has 0 aliphatic rings. The maximum Gasteiger partial charge on any atom is 0.337 e. The molecule has 0 spiro atoms. The molecule has 1 atom stereocenters. The lowest BCUT2D eigenvalue weighted by molar-refractivity contribution is -0.116. The van der Waals surface area contributed by atoms with E-state index in [-0.39, 0.29) is 10.8 Å². The molecule has 0 aromatic heterocycles. The average Bonchev–Trinajstić information content (AvgIpc) is 2.26. The summed E-state index contributed by atoms with van der Waals surface area (Å²) in [6.45, 7) is 1.38. The zero-order valence-corrected chi connectivity index (χ0v) is 10.3. The highest BCUT2D eigenvalue weighted by molar-refractivity contribution is 6.36. The lowest BCUT2D eigenvalue weighted by atomic mass is 10.1. The molecule has 1 unspecified atom stereocenters. The highest BCUT2D eigenvalue weighted by Gasteiger charge is 2.17. The van der Waals surface area contributed by atoms with Gasteiger partial charge in [-0.05, 0) is 24.6 Å². The Morgan fingerprint density at radius 2 is 2.00 bits per heavy atom. The third-order valence-corrected chi connectivity index (χ3v) is 2.92. The minimum atomic E-state index is -0.792. The van der Waals surface area contributed by atoms with E-state index in [1.807, 2.05) is 0 Å². The number of halogens is 2. The van der Waals surface area contributed by atoms with Crippen LogP contribution in [0.3, 0.4) is 0 Å². The Kier molecular flexibility index (Phi) is 4.33. The molecule has 0 radical (unpaired) electrons. The van der Waals surface area contributed by atoms with Crippen LogP contribution in [-0.4, -0.2) is 18.9 Å². The van der Waals surface area contributed by atoms with Gasteiger partial charge < -0.3 is 4.74 Å². The number of ether oxygens (including phenoxy) is 1. The van der Waals surface area contributed by atoms with Crippen molar-refractivity contribution in [1.82, 2.24) is 0 Å². The van der Waals surface area contributed by atoms with Crippen LogP contribution in [0.4, 0.5) is 0 Å². The Labute approximate surface area is 103 Å². The number of hydrogen-bond acceptors (Lipinski definition) is 3. The van der Waals surface area contributed by atoms with Gasteiger partial charge in [0.25, 0.3) is 0 Å². The fraction of sp³-hybridized carbons (Fsp3) is 0.273. The number of alkyl halides is 1. The van der Waals surface area contributed by atoms with Gasteiger partial charge in [-0.15, -0.1) is 11.6 Å². The number of carbonyl (C=O) groups is 2. The van der Waals surface area contributed by atoms with E-state index in [9.17, 15) is 9.59 Å². The van der Waals surface area contributed by atoms with Crippen molar-refractivity contribution in [2.24, 2.45) is 0 Å². The summed E-state index contributed by atoms with van der Waals surface area (Å²) in [6, 6.07) is 4.50. The fourth-order valence-electron chi connectivity index (χ4n) is 1.20. The molecule has 0 amide bonds. The van der Waals surface area contributed by atoms with Crippen molar-refractivity contribution < 1.29 is 14.3 Å². The molecule has 0 N–H and O–H groups in total.